The molecule has 0 spiro atoms. The van der Waals surface area contributed by atoms with E-state index in [0.29, 0.717) is 11.2 Å². The average Bonchev–Trinajstić information content (AvgIpc) is 2.83. The zero-order valence-corrected chi connectivity index (χ0v) is 10.7. The number of carboxylic acid groups (broad SMARTS) is 1. The quantitative estimate of drug-likeness (QED) is 0.888. The van der Waals surface area contributed by atoms with Crippen LogP contribution in [0.3, 0.4) is 0 Å². The number of carbonyl (C=O) groups is 1. The normalized spacial score (nSPS) is 14.1. The first-order chi connectivity index (χ1) is 8.58. The van der Waals surface area contributed by atoms with Crippen molar-refractivity contribution >= 4 is 27.5 Å². The van der Waals surface area contributed by atoms with E-state index < -0.39 is 5.97 Å². The molecule has 1 N–H and O–H groups in total. The molecule has 0 aromatic carbocycles. The van der Waals surface area contributed by atoms with Gasteiger partial charge in [0.1, 0.15) is 17.2 Å². The van der Waals surface area contributed by atoms with Gasteiger partial charge < -0.3 is 5.11 Å². The molecule has 3 rings (SSSR count). The van der Waals surface area contributed by atoms with Gasteiger partial charge in [-0.3, -0.25) is 14.2 Å². The summed E-state index contributed by atoms with van der Waals surface area (Å²) < 4.78 is 1.25. The Morgan fingerprint density at radius 3 is 3.00 bits per heavy atom. The summed E-state index contributed by atoms with van der Waals surface area (Å²) in [5.41, 5.74) is 0.880. The van der Waals surface area contributed by atoms with Crippen LogP contribution in [0.25, 0.3) is 10.2 Å². The third-order valence-corrected chi connectivity index (χ3v) is 4.49. The lowest BCUT2D eigenvalue weighted by Gasteiger charge is -2.06. The predicted octanol–water partition coefficient (Wildman–Crippen LogP) is 1.34. The summed E-state index contributed by atoms with van der Waals surface area (Å²) in [6.45, 7) is 1.35. The fourth-order valence-electron chi connectivity index (χ4n) is 2.50. The summed E-state index contributed by atoms with van der Waals surface area (Å²) in [5.74, 6) is -0.553. The molecule has 2 aromatic rings. The highest BCUT2D eigenvalue weighted by Gasteiger charge is 2.22. The molecule has 0 bridgehead atoms. The van der Waals surface area contributed by atoms with Crippen molar-refractivity contribution < 1.29 is 9.90 Å². The topological polar surface area (TPSA) is 72.2 Å². The predicted molar refractivity (Wildman–Crippen MR) is 68.3 cm³/mol. The Morgan fingerprint density at radius 1 is 1.50 bits per heavy atom. The Hall–Kier alpha value is -1.69. The second kappa shape index (κ2) is 3.91. The Bertz CT molecular complexity index is 714. The van der Waals surface area contributed by atoms with Crippen molar-refractivity contribution in [3.8, 4) is 0 Å². The maximum absolute atomic E-state index is 12.4. The zero-order valence-electron chi connectivity index (χ0n) is 9.89. The first-order valence-corrected chi connectivity index (χ1v) is 6.63. The summed E-state index contributed by atoms with van der Waals surface area (Å²) in [5, 5.41) is 9.49. The van der Waals surface area contributed by atoms with Gasteiger partial charge in [-0.05, 0) is 31.7 Å². The van der Waals surface area contributed by atoms with Crippen molar-refractivity contribution in [3.05, 3.63) is 26.6 Å². The summed E-state index contributed by atoms with van der Waals surface area (Å²) in [6, 6.07) is 0. The number of hydrogen-bond acceptors (Lipinski definition) is 4. The fraction of sp³-hybridized carbons (Fsp3) is 0.417. The lowest BCUT2D eigenvalue weighted by molar-refractivity contribution is -0.137. The van der Waals surface area contributed by atoms with Crippen LogP contribution in [0, 0.1) is 6.92 Å². The molecule has 0 unspecified atom stereocenters. The van der Waals surface area contributed by atoms with Crippen LogP contribution in [0.5, 0.6) is 0 Å². The molecule has 0 aliphatic heterocycles. The van der Waals surface area contributed by atoms with Crippen LogP contribution in [0.4, 0.5) is 0 Å². The van der Waals surface area contributed by atoms with Crippen LogP contribution in [0.1, 0.15) is 22.7 Å². The van der Waals surface area contributed by atoms with Gasteiger partial charge in [0, 0.05) is 4.88 Å². The third-order valence-electron chi connectivity index (χ3n) is 3.31. The Labute approximate surface area is 107 Å². The smallest absolute Gasteiger partial charge is 0.323 e. The lowest BCUT2D eigenvalue weighted by Crippen LogP contribution is -2.27. The highest BCUT2D eigenvalue weighted by Crippen LogP contribution is 2.34. The van der Waals surface area contributed by atoms with Crippen LogP contribution in [-0.2, 0) is 24.2 Å². The molecule has 1 aliphatic carbocycles. The minimum atomic E-state index is -1.02. The van der Waals surface area contributed by atoms with E-state index in [1.165, 1.54) is 9.44 Å². The maximum atomic E-state index is 12.4. The lowest BCUT2D eigenvalue weighted by atomic mass is 10.2. The number of fused-ring (bicyclic) bond motifs is 3. The Kier molecular flexibility index (Phi) is 2.48. The molecular formula is C12H12N2O3S. The van der Waals surface area contributed by atoms with E-state index in [1.54, 1.807) is 18.3 Å². The molecule has 0 radical (unpaired) electrons. The maximum Gasteiger partial charge on any atom is 0.323 e. The van der Waals surface area contributed by atoms with Gasteiger partial charge in [0.2, 0.25) is 0 Å². The van der Waals surface area contributed by atoms with Gasteiger partial charge in [-0.2, -0.15) is 0 Å². The minimum absolute atomic E-state index is 0.209. The third kappa shape index (κ3) is 1.56. The minimum Gasteiger partial charge on any atom is -0.480 e. The van der Waals surface area contributed by atoms with Gasteiger partial charge >= 0.3 is 5.97 Å². The Balaban J connectivity index is 2.32. The van der Waals surface area contributed by atoms with Crippen LogP contribution in [0.2, 0.25) is 0 Å². The standard InChI is InChI=1S/C12H12N2O3S/c1-6-13-11-10(7-3-2-4-8(7)18-11)12(17)14(6)5-9(15)16/h2-5H2,1H3,(H,15,16). The van der Waals surface area contributed by atoms with E-state index >= 15 is 0 Å². The molecule has 0 saturated carbocycles. The molecule has 0 amide bonds. The van der Waals surface area contributed by atoms with Gasteiger partial charge in [-0.15, -0.1) is 11.3 Å². The highest BCUT2D eigenvalue weighted by atomic mass is 32.1. The Morgan fingerprint density at radius 2 is 2.28 bits per heavy atom. The number of aryl methyl sites for hydroxylation is 3. The van der Waals surface area contributed by atoms with Crippen molar-refractivity contribution in [1.29, 1.82) is 0 Å². The molecular weight excluding hydrogens is 252 g/mol. The largest absolute Gasteiger partial charge is 0.480 e. The number of aliphatic carboxylic acids is 1. The molecule has 6 heteroatoms. The zero-order chi connectivity index (χ0) is 12.9. The molecule has 94 valence electrons. The van der Waals surface area contributed by atoms with Crippen molar-refractivity contribution in [2.45, 2.75) is 32.7 Å². The van der Waals surface area contributed by atoms with Crippen LogP contribution >= 0.6 is 11.3 Å². The van der Waals surface area contributed by atoms with Crippen LogP contribution < -0.4 is 5.56 Å². The van der Waals surface area contributed by atoms with Crippen molar-refractivity contribution in [2.24, 2.45) is 0 Å². The first kappa shape index (κ1) is 11.4. The number of carboxylic acids is 1. The molecule has 0 fully saturated rings. The van der Waals surface area contributed by atoms with Gasteiger partial charge in [-0.1, -0.05) is 0 Å². The first-order valence-electron chi connectivity index (χ1n) is 5.81. The number of nitrogens with zero attached hydrogens (tertiary/aromatic N) is 2. The second-order valence-corrected chi connectivity index (χ2v) is 5.57. The highest BCUT2D eigenvalue weighted by molar-refractivity contribution is 7.18. The number of rotatable bonds is 2. The van der Waals surface area contributed by atoms with Crippen LogP contribution in [-0.4, -0.2) is 20.6 Å². The van der Waals surface area contributed by atoms with Gasteiger partial charge in [0.25, 0.3) is 5.56 Å². The summed E-state index contributed by atoms with van der Waals surface area (Å²) >= 11 is 1.57. The van der Waals surface area contributed by atoms with Gasteiger partial charge in [-0.25, -0.2) is 4.98 Å². The van der Waals surface area contributed by atoms with Crippen LogP contribution in [0.15, 0.2) is 4.79 Å². The monoisotopic (exact) mass is 264 g/mol. The molecule has 1 aliphatic rings. The van der Waals surface area contributed by atoms with E-state index in [0.717, 1.165) is 29.7 Å². The van der Waals surface area contributed by atoms with E-state index in [2.05, 4.69) is 4.98 Å². The molecule has 0 atom stereocenters. The van der Waals surface area contributed by atoms with Gasteiger partial charge in [0.15, 0.2) is 0 Å². The van der Waals surface area contributed by atoms with Crippen molar-refractivity contribution in [3.63, 3.8) is 0 Å². The van der Waals surface area contributed by atoms with E-state index in [1.807, 2.05) is 0 Å². The summed E-state index contributed by atoms with van der Waals surface area (Å²) in [6.07, 6.45) is 2.99. The summed E-state index contributed by atoms with van der Waals surface area (Å²) in [7, 11) is 0. The molecule has 18 heavy (non-hydrogen) atoms. The molecule has 5 nitrogen and oxygen atoms in total. The summed E-state index contributed by atoms with van der Waals surface area (Å²) in [4.78, 5) is 29.5. The van der Waals surface area contributed by atoms with Crippen molar-refractivity contribution in [1.82, 2.24) is 9.55 Å². The number of hydrogen-bond donors (Lipinski definition) is 1. The second-order valence-electron chi connectivity index (χ2n) is 4.48. The fourth-order valence-corrected chi connectivity index (χ4v) is 3.80. The number of aromatic nitrogens is 2. The molecule has 0 saturated heterocycles. The van der Waals surface area contributed by atoms with Gasteiger partial charge in [0.05, 0.1) is 5.39 Å². The molecule has 2 heterocycles. The number of thiophene rings is 1. The average molecular weight is 264 g/mol. The van der Waals surface area contributed by atoms with E-state index in [4.69, 9.17) is 5.11 Å². The molecule has 2 aromatic heterocycles. The van der Waals surface area contributed by atoms with E-state index in [-0.39, 0.29) is 12.1 Å². The van der Waals surface area contributed by atoms with Crippen molar-refractivity contribution in [2.75, 3.05) is 0 Å². The van der Waals surface area contributed by atoms with E-state index in [9.17, 15) is 9.59 Å². The SMILES string of the molecule is Cc1nc2sc3c(c2c(=O)n1CC(=O)O)CCC3.